The molecule has 142 valence electrons. The molecule has 8 nitrogen and oxygen atoms in total. The van der Waals surface area contributed by atoms with Crippen LogP contribution < -0.4 is 20.3 Å². The number of nitro benzene ring substituents is 1. The fourth-order valence-electron chi connectivity index (χ4n) is 3.02. The van der Waals surface area contributed by atoms with E-state index < -0.39 is 4.92 Å². The summed E-state index contributed by atoms with van der Waals surface area (Å²) >= 11 is 0. The molecule has 27 heavy (non-hydrogen) atoms. The van der Waals surface area contributed by atoms with E-state index in [-0.39, 0.29) is 11.6 Å². The molecule has 3 rings (SSSR count). The van der Waals surface area contributed by atoms with Crippen LogP contribution in [0.5, 0.6) is 5.75 Å². The van der Waals surface area contributed by atoms with Gasteiger partial charge in [-0.15, -0.1) is 0 Å². The minimum absolute atomic E-state index is 0.0160. The Kier molecular flexibility index (Phi) is 5.87. The van der Waals surface area contributed by atoms with Gasteiger partial charge in [0.1, 0.15) is 11.4 Å². The van der Waals surface area contributed by atoms with E-state index in [9.17, 15) is 14.9 Å². The molecule has 1 amide bonds. The second-order valence-corrected chi connectivity index (χ2v) is 6.11. The van der Waals surface area contributed by atoms with Gasteiger partial charge in [0, 0.05) is 43.5 Å². The van der Waals surface area contributed by atoms with E-state index >= 15 is 0 Å². The van der Waals surface area contributed by atoms with Gasteiger partial charge in [-0.05, 0) is 37.3 Å². The SMILES string of the molecule is CCOc1cccc(C(=O)Nc2ccc(N3CCNCC3)c([N+](=O)[O-])c2)c1. The van der Waals surface area contributed by atoms with Crippen LogP contribution in [-0.2, 0) is 0 Å². The van der Waals surface area contributed by atoms with Crippen molar-refractivity contribution in [1.29, 1.82) is 0 Å². The molecule has 0 bridgehead atoms. The fraction of sp³-hybridized carbons (Fsp3) is 0.316. The van der Waals surface area contributed by atoms with Crippen molar-refractivity contribution in [2.24, 2.45) is 0 Å². The quantitative estimate of drug-likeness (QED) is 0.599. The van der Waals surface area contributed by atoms with Gasteiger partial charge in [0.25, 0.3) is 11.6 Å². The van der Waals surface area contributed by atoms with Crippen molar-refractivity contribution in [1.82, 2.24) is 5.32 Å². The number of benzene rings is 2. The molecule has 0 aromatic heterocycles. The molecule has 1 fully saturated rings. The average Bonchev–Trinajstić information content (AvgIpc) is 2.69. The smallest absolute Gasteiger partial charge is 0.294 e. The molecule has 0 spiro atoms. The van der Waals surface area contributed by atoms with Crippen LogP contribution in [0.15, 0.2) is 42.5 Å². The van der Waals surface area contributed by atoms with E-state index in [1.54, 1.807) is 36.4 Å². The standard InChI is InChI=1S/C19H22N4O4/c1-2-27-16-5-3-4-14(12-16)19(24)21-15-6-7-17(18(13-15)23(25)26)22-10-8-20-9-11-22/h3-7,12-13,20H,2,8-11H2,1H3,(H,21,24). The molecule has 0 unspecified atom stereocenters. The Morgan fingerprint density at radius 1 is 1.26 bits per heavy atom. The third kappa shape index (κ3) is 4.53. The highest BCUT2D eigenvalue weighted by Gasteiger charge is 2.22. The van der Waals surface area contributed by atoms with E-state index in [0.29, 0.717) is 42.4 Å². The van der Waals surface area contributed by atoms with Gasteiger partial charge in [0.15, 0.2) is 0 Å². The van der Waals surface area contributed by atoms with Crippen molar-refractivity contribution in [3.05, 3.63) is 58.1 Å². The van der Waals surface area contributed by atoms with Gasteiger partial charge in [-0.1, -0.05) is 6.07 Å². The lowest BCUT2D eigenvalue weighted by Gasteiger charge is -2.29. The number of hydrogen-bond acceptors (Lipinski definition) is 6. The molecule has 8 heteroatoms. The van der Waals surface area contributed by atoms with Gasteiger partial charge in [0.05, 0.1) is 11.5 Å². The molecular weight excluding hydrogens is 348 g/mol. The highest BCUT2D eigenvalue weighted by atomic mass is 16.6. The molecule has 0 saturated carbocycles. The Morgan fingerprint density at radius 3 is 2.74 bits per heavy atom. The first kappa shape index (κ1) is 18.7. The lowest BCUT2D eigenvalue weighted by Crippen LogP contribution is -2.43. The van der Waals surface area contributed by atoms with E-state index in [1.807, 2.05) is 11.8 Å². The number of nitro groups is 1. The molecule has 0 aliphatic carbocycles. The summed E-state index contributed by atoms with van der Waals surface area (Å²) in [5.41, 5.74) is 1.36. The van der Waals surface area contributed by atoms with E-state index in [0.717, 1.165) is 13.1 Å². The van der Waals surface area contributed by atoms with Crippen molar-refractivity contribution < 1.29 is 14.5 Å². The number of carbonyl (C=O) groups is 1. The fourth-order valence-corrected chi connectivity index (χ4v) is 3.02. The van der Waals surface area contributed by atoms with Crippen molar-refractivity contribution in [2.45, 2.75) is 6.92 Å². The lowest BCUT2D eigenvalue weighted by molar-refractivity contribution is -0.384. The summed E-state index contributed by atoms with van der Waals surface area (Å²) in [5, 5.41) is 17.5. The van der Waals surface area contributed by atoms with Gasteiger partial charge in [-0.3, -0.25) is 14.9 Å². The topological polar surface area (TPSA) is 96.7 Å². The highest BCUT2D eigenvalue weighted by Crippen LogP contribution is 2.31. The van der Waals surface area contributed by atoms with Crippen LogP contribution in [0.1, 0.15) is 17.3 Å². The second kappa shape index (κ2) is 8.50. The lowest BCUT2D eigenvalue weighted by atomic mass is 10.1. The number of piperazine rings is 1. The molecular formula is C19H22N4O4. The van der Waals surface area contributed by atoms with Crippen LogP contribution in [-0.4, -0.2) is 43.6 Å². The zero-order valence-electron chi connectivity index (χ0n) is 15.1. The zero-order chi connectivity index (χ0) is 19.2. The Morgan fingerprint density at radius 2 is 2.04 bits per heavy atom. The van der Waals surface area contributed by atoms with Gasteiger partial charge < -0.3 is 20.3 Å². The number of rotatable bonds is 6. The van der Waals surface area contributed by atoms with E-state index in [1.165, 1.54) is 6.07 Å². The minimum Gasteiger partial charge on any atom is -0.494 e. The number of anilines is 2. The number of amides is 1. The van der Waals surface area contributed by atoms with Crippen LogP contribution in [0.2, 0.25) is 0 Å². The summed E-state index contributed by atoms with van der Waals surface area (Å²) in [6.07, 6.45) is 0. The molecule has 0 atom stereocenters. The maximum absolute atomic E-state index is 12.5. The third-order valence-corrected chi connectivity index (χ3v) is 4.29. The Balaban J connectivity index is 1.80. The van der Waals surface area contributed by atoms with Crippen LogP contribution in [0.4, 0.5) is 17.1 Å². The molecule has 1 aliphatic heterocycles. The van der Waals surface area contributed by atoms with Crippen molar-refractivity contribution in [3.63, 3.8) is 0 Å². The maximum Gasteiger partial charge on any atom is 0.294 e. The Labute approximate surface area is 157 Å². The van der Waals surface area contributed by atoms with Crippen LogP contribution in [0.3, 0.4) is 0 Å². The predicted molar refractivity (Wildman–Crippen MR) is 104 cm³/mol. The summed E-state index contributed by atoms with van der Waals surface area (Å²) in [6, 6.07) is 11.6. The first-order valence-corrected chi connectivity index (χ1v) is 8.87. The van der Waals surface area contributed by atoms with Crippen LogP contribution in [0.25, 0.3) is 0 Å². The summed E-state index contributed by atoms with van der Waals surface area (Å²) in [6.45, 7) is 5.35. The number of ether oxygens (including phenoxy) is 1. The largest absolute Gasteiger partial charge is 0.494 e. The molecule has 0 radical (unpaired) electrons. The normalized spacial score (nSPS) is 13.9. The number of nitrogens with zero attached hydrogens (tertiary/aromatic N) is 2. The third-order valence-electron chi connectivity index (χ3n) is 4.29. The van der Waals surface area contributed by atoms with Crippen LogP contribution >= 0.6 is 0 Å². The Hall–Kier alpha value is -3.13. The first-order valence-electron chi connectivity index (χ1n) is 8.87. The minimum atomic E-state index is -0.414. The molecule has 1 saturated heterocycles. The number of nitrogens with one attached hydrogen (secondary N) is 2. The van der Waals surface area contributed by atoms with Crippen LogP contribution in [0, 0.1) is 10.1 Å². The van der Waals surface area contributed by atoms with Crippen molar-refractivity contribution in [3.8, 4) is 5.75 Å². The zero-order valence-corrected chi connectivity index (χ0v) is 15.1. The summed E-state index contributed by atoms with van der Waals surface area (Å²) in [4.78, 5) is 25.6. The van der Waals surface area contributed by atoms with Gasteiger partial charge in [-0.2, -0.15) is 0 Å². The van der Waals surface area contributed by atoms with E-state index in [2.05, 4.69) is 10.6 Å². The van der Waals surface area contributed by atoms with Crippen molar-refractivity contribution in [2.75, 3.05) is 43.0 Å². The Bertz CT molecular complexity index is 834. The van der Waals surface area contributed by atoms with Gasteiger partial charge >= 0.3 is 0 Å². The molecule has 1 heterocycles. The first-order chi connectivity index (χ1) is 13.1. The highest BCUT2D eigenvalue weighted by molar-refractivity contribution is 6.04. The summed E-state index contributed by atoms with van der Waals surface area (Å²) < 4.78 is 5.40. The average molecular weight is 370 g/mol. The monoisotopic (exact) mass is 370 g/mol. The predicted octanol–water partition coefficient (Wildman–Crippen LogP) is 2.66. The summed E-state index contributed by atoms with van der Waals surface area (Å²) in [7, 11) is 0. The van der Waals surface area contributed by atoms with Gasteiger partial charge in [0.2, 0.25) is 0 Å². The van der Waals surface area contributed by atoms with Gasteiger partial charge in [-0.25, -0.2) is 0 Å². The molecule has 2 N–H and O–H groups in total. The molecule has 1 aliphatic rings. The van der Waals surface area contributed by atoms with Crippen molar-refractivity contribution >= 4 is 23.0 Å². The maximum atomic E-state index is 12.5. The van der Waals surface area contributed by atoms with E-state index in [4.69, 9.17) is 4.74 Å². The number of hydrogen-bond donors (Lipinski definition) is 2. The number of carbonyl (C=O) groups excluding carboxylic acids is 1. The summed E-state index contributed by atoms with van der Waals surface area (Å²) in [5.74, 6) is 0.256. The molecule has 2 aromatic rings. The second-order valence-electron chi connectivity index (χ2n) is 6.11. The molecule has 2 aromatic carbocycles.